The van der Waals surface area contributed by atoms with E-state index in [1.165, 1.54) is 4.31 Å². The summed E-state index contributed by atoms with van der Waals surface area (Å²) in [7, 11) is -3.48. The zero-order valence-electron chi connectivity index (χ0n) is 9.50. The van der Waals surface area contributed by atoms with Crippen LogP contribution in [0.2, 0.25) is 0 Å². The van der Waals surface area contributed by atoms with Crippen molar-refractivity contribution in [2.45, 2.75) is 25.7 Å². The first-order valence-corrected chi connectivity index (χ1v) is 7.13. The van der Waals surface area contributed by atoms with Crippen LogP contribution in [-0.2, 0) is 14.8 Å². The van der Waals surface area contributed by atoms with E-state index in [2.05, 4.69) is 0 Å². The van der Waals surface area contributed by atoms with Gasteiger partial charge in [0.15, 0.2) is 5.75 Å². The number of hydrogen-bond acceptors (Lipinski definition) is 4. The Bertz CT molecular complexity index is 413. The molecule has 0 aromatic carbocycles. The Hall–Kier alpha value is -1.13. The second-order valence-electron chi connectivity index (χ2n) is 4.21. The molecule has 0 bridgehead atoms. The first kappa shape index (κ1) is 13.9. The van der Waals surface area contributed by atoms with Crippen molar-refractivity contribution in [3.8, 4) is 6.07 Å². The minimum Gasteiger partial charge on any atom is -0.481 e. The number of sulfonamides is 1. The molecule has 0 aromatic heterocycles. The van der Waals surface area contributed by atoms with Crippen LogP contribution in [0.1, 0.15) is 25.7 Å². The summed E-state index contributed by atoms with van der Waals surface area (Å²) in [6.45, 7) is 0.783. The number of carbonyl (C=O) groups is 1. The second kappa shape index (κ2) is 5.98. The lowest BCUT2D eigenvalue weighted by Crippen LogP contribution is -2.41. The van der Waals surface area contributed by atoms with Gasteiger partial charge in [-0.1, -0.05) is 0 Å². The van der Waals surface area contributed by atoms with Crippen molar-refractivity contribution in [3.05, 3.63) is 0 Å². The fourth-order valence-corrected chi connectivity index (χ4v) is 3.21. The van der Waals surface area contributed by atoms with E-state index in [0.29, 0.717) is 19.5 Å². The Balaban J connectivity index is 2.55. The Morgan fingerprint density at radius 2 is 2.24 bits per heavy atom. The van der Waals surface area contributed by atoms with E-state index in [9.17, 15) is 13.2 Å². The third-order valence-corrected chi connectivity index (χ3v) is 4.50. The number of piperidine rings is 1. The van der Waals surface area contributed by atoms with E-state index in [1.807, 2.05) is 0 Å². The van der Waals surface area contributed by atoms with Crippen LogP contribution in [0, 0.1) is 17.2 Å². The number of hydrogen-bond donors (Lipinski definition) is 1. The van der Waals surface area contributed by atoms with Crippen LogP contribution in [0.25, 0.3) is 0 Å². The number of carboxylic acids is 1. The number of rotatable bonds is 5. The highest BCUT2D eigenvalue weighted by Gasteiger charge is 2.28. The van der Waals surface area contributed by atoms with E-state index in [1.54, 1.807) is 6.07 Å². The minimum atomic E-state index is -3.48. The van der Waals surface area contributed by atoms with Gasteiger partial charge in [-0.25, -0.2) is 12.7 Å². The lowest BCUT2D eigenvalue weighted by molar-refractivity contribution is -0.137. The van der Waals surface area contributed by atoms with Crippen molar-refractivity contribution in [1.29, 1.82) is 5.26 Å². The lowest BCUT2D eigenvalue weighted by Gasteiger charge is -2.31. The molecule has 0 aliphatic carbocycles. The lowest BCUT2D eigenvalue weighted by atomic mass is 9.95. The molecule has 1 unspecified atom stereocenters. The van der Waals surface area contributed by atoms with E-state index >= 15 is 0 Å². The summed E-state index contributed by atoms with van der Waals surface area (Å²) >= 11 is 0. The molecule has 1 saturated heterocycles. The molecule has 96 valence electrons. The molecular weight excluding hydrogens is 244 g/mol. The van der Waals surface area contributed by atoms with Gasteiger partial charge in [0.05, 0.1) is 6.07 Å². The van der Waals surface area contributed by atoms with E-state index in [-0.39, 0.29) is 12.3 Å². The largest absolute Gasteiger partial charge is 0.481 e. The number of nitrogens with zero attached hydrogens (tertiary/aromatic N) is 2. The summed E-state index contributed by atoms with van der Waals surface area (Å²) in [5, 5.41) is 17.0. The molecular formula is C10H16N2O4S. The van der Waals surface area contributed by atoms with Crippen molar-refractivity contribution in [2.24, 2.45) is 5.92 Å². The molecule has 0 amide bonds. The summed E-state index contributed by atoms with van der Waals surface area (Å²) in [4.78, 5) is 10.4. The maximum absolute atomic E-state index is 11.7. The minimum absolute atomic E-state index is 0.0663. The van der Waals surface area contributed by atoms with Gasteiger partial charge in [-0.05, 0) is 25.2 Å². The summed E-state index contributed by atoms with van der Waals surface area (Å²) in [6.07, 6.45) is 2.14. The Morgan fingerprint density at radius 1 is 1.53 bits per heavy atom. The molecule has 6 nitrogen and oxygen atoms in total. The highest BCUT2D eigenvalue weighted by atomic mass is 32.2. The van der Waals surface area contributed by atoms with Gasteiger partial charge in [0.2, 0.25) is 10.0 Å². The van der Waals surface area contributed by atoms with Crippen molar-refractivity contribution in [3.63, 3.8) is 0 Å². The Morgan fingerprint density at radius 3 is 2.82 bits per heavy atom. The van der Waals surface area contributed by atoms with Crippen LogP contribution >= 0.6 is 0 Å². The van der Waals surface area contributed by atoms with Gasteiger partial charge in [0.25, 0.3) is 0 Å². The Labute approximate surface area is 101 Å². The van der Waals surface area contributed by atoms with Gasteiger partial charge in [-0.2, -0.15) is 5.26 Å². The van der Waals surface area contributed by atoms with Gasteiger partial charge in [-0.3, -0.25) is 4.79 Å². The molecule has 0 saturated carbocycles. The van der Waals surface area contributed by atoms with Gasteiger partial charge >= 0.3 is 5.97 Å². The predicted octanol–water partition coefficient (Wildman–Crippen LogP) is 0.417. The molecule has 1 rings (SSSR count). The molecule has 1 fully saturated rings. The quantitative estimate of drug-likeness (QED) is 0.772. The van der Waals surface area contributed by atoms with Gasteiger partial charge in [0, 0.05) is 19.5 Å². The second-order valence-corrected chi connectivity index (χ2v) is 6.18. The van der Waals surface area contributed by atoms with E-state index in [0.717, 1.165) is 12.8 Å². The van der Waals surface area contributed by atoms with E-state index in [4.69, 9.17) is 10.4 Å². The van der Waals surface area contributed by atoms with Crippen LogP contribution in [0.3, 0.4) is 0 Å². The van der Waals surface area contributed by atoms with Gasteiger partial charge in [-0.15, -0.1) is 0 Å². The molecule has 1 aliphatic heterocycles. The smallest absolute Gasteiger partial charge is 0.303 e. The molecule has 1 atom stereocenters. The van der Waals surface area contributed by atoms with Crippen LogP contribution < -0.4 is 0 Å². The number of carboxylic acid groups (broad SMARTS) is 1. The van der Waals surface area contributed by atoms with Crippen LogP contribution in [0.15, 0.2) is 0 Å². The zero-order chi connectivity index (χ0) is 12.9. The first-order chi connectivity index (χ1) is 7.95. The maximum Gasteiger partial charge on any atom is 0.303 e. The van der Waals surface area contributed by atoms with Crippen molar-refractivity contribution < 1.29 is 18.3 Å². The van der Waals surface area contributed by atoms with E-state index < -0.39 is 21.7 Å². The first-order valence-electron chi connectivity index (χ1n) is 5.52. The fraction of sp³-hybridized carbons (Fsp3) is 0.800. The zero-order valence-corrected chi connectivity index (χ0v) is 10.3. The monoisotopic (exact) mass is 260 g/mol. The summed E-state index contributed by atoms with van der Waals surface area (Å²) in [6, 6.07) is 1.65. The molecule has 1 heterocycles. The number of aliphatic carboxylic acids is 1. The van der Waals surface area contributed by atoms with Crippen LogP contribution in [0.4, 0.5) is 0 Å². The van der Waals surface area contributed by atoms with Crippen LogP contribution in [-0.4, -0.2) is 42.6 Å². The van der Waals surface area contributed by atoms with Crippen molar-refractivity contribution in [1.82, 2.24) is 4.31 Å². The number of nitriles is 1. The summed E-state index contributed by atoms with van der Waals surface area (Å²) in [5.41, 5.74) is 0. The summed E-state index contributed by atoms with van der Waals surface area (Å²) < 4.78 is 24.6. The predicted molar refractivity (Wildman–Crippen MR) is 60.6 cm³/mol. The average molecular weight is 260 g/mol. The molecule has 0 aromatic rings. The van der Waals surface area contributed by atoms with Crippen LogP contribution in [0.5, 0.6) is 0 Å². The summed E-state index contributed by atoms with van der Waals surface area (Å²) in [5.74, 6) is -1.27. The SMILES string of the molecule is N#CCS(=O)(=O)N1CCCC(CCC(=O)O)C1. The Kier molecular flexibility index (Phi) is 4.90. The molecule has 7 heteroatoms. The normalized spacial score (nSPS) is 21.9. The topological polar surface area (TPSA) is 98.5 Å². The van der Waals surface area contributed by atoms with Crippen molar-refractivity contribution >= 4 is 16.0 Å². The van der Waals surface area contributed by atoms with Gasteiger partial charge in [0.1, 0.15) is 0 Å². The molecule has 17 heavy (non-hydrogen) atoms. The molecule has 1 N–H and O–H groups in total. The highest BCUT2D eigenvalue weighted by molar-refractivity contribution is 7.89. The standard InChI is InChI=1S/C10H16N2O4S/c11-5-7-17(15,16)12-6-1-2-9(8-12)3-4-10(13)14/h9H,1-4,6-8H2,(H,13,14). The van der Waals surface area contributed by atoms with Crippen molar-refractivity contribution in [2.75, 3.05) is 18.8 Å². The molecule has 0 spiro atoms. The average Bonchev–Trinajstić information content (AvgIpc) is 2.27. The van der Waals surface area contributed by atoms with Gasteiger partial charge < -0.3 is 5.11 Å². The maximum atomic E-state index is 11.7. The highest BCUT2D eigenvalue weighted by Crippen LogP contribution is 2.23. The molecule has 0 radical (unpaired) electrons. The molecule has 1 aliphatic rings. The third-order valence-electron chi connectivity index (χ3n) is 2.89. The fourth-order valence-electron chi connectivity index (χ4n) is 2.02. The third kappa shape index (κ3) is 4.32.